The van der Waals surface area contributed by atoms with Gasteiger partial charge in [0.1, 0.15) is 12.2 Å². The number of rotatable bonds is 2. The molecule has 0 spiro atoms. The van der Waals surface area contributed by atoms with Crippen molar-refractivity contribution < 1.29 is 9.47 Å². The van der Waals surface area contributed by atoms with Gasteiger partial charge < -0.3 is 14.0 Å². The molecule has 2 aromatic rings. The lowest BCUT2D eigenvalue weighted by atomic mass is 10.1. The summed E-state index contributed by atoms with van der Waals surface area (Å²) in [5, 5.41) is 1.61. The number of pyridine rings is 1. The molecule has 4 nitrogen and oxygen atoms in total. The molecule has 116 valence electrons. The first-order chi connectivity index (χ1) is 10.5. The number of aromatic nitrogens is 2. The number of halogens is 1. The van der Waals surface area contributed by atoms with Crippen molar-refractivity contribution in [3.63, 3.8) is 0 Å². The third-order valence-electron chi connectivity index (χ3n) is 4.53. The highest BCUT2D eigenvalue weighted by Crippen LogP contribution is 2.45. The van der Waals surface area contributed by atoms with Crippen LogP contribution in [0.3, 0.4) is 0 Å². The standard InChI is InChI=1S/C17H19ClN2O2/c1-4-10-9-12(15-14(10)21-17(2,3)22-15)20-8-6-11-5-7-19-16(18)13(11)20/h5-9,12,14-15H,4H2,1-3H3/t12-,14+,15?/m1/s1. The van der Waals surface area contributed by atoms with E-state index in [4.69, 9.17) is 21.1 Å². The minimum absolute atomic E-state index is 0.0168. The van der Waals surface area contributed by atoms with E-state index in [0.29, 0.717) is 5.15 Å². The van der Waals surface area contributed by atoms with Crippen LogP contribution >= 0.6 is 11.6 Å². The van der Waals surface area contributed by atoms with Crippen LogP contribution in [0.4, 0.5) is 0 Å². The summed E-state index contributed by atoms with van der Waals surface area (Å²) < 4.78 is 14.4. The Morgan fingerprint density at radius 1 is 1.32 bits per heavy atom. The molecule has 1 fully saturated rings. The SMILES string of the molecule is CCC1=C[C@@H](n2ccc3ccnc(Cl)c32)C2OC(C)(C)O[C@@H]12. The second-order valence-electron chi connectivity index (χ2n) is 6.37. The van der Waals surface area contributed by atoms with Gasteiger partial charge in [-0.2, -0.15) is 0 Å². The highest BCUT2D eigenvalue weighted by molar-refractivity contribution is 6.33. The molecular formula is C17H19ClN2O2. The molecule has 1 aliphatic carbocycles. The van der Waals surface area contributed by atoms with Crippen molar-refractivity contribution in [2.24, 2.45) is 0 Å². The molecule has 3 atom stereocenters. The minimum atomic E-state index is -0.548. The van der Waals surface area contributed by atoms with Crippen LogP contribution in [0.2, 0.25) is 5.15 Å². The summed E-state index contributed by atoms with van der Waals surface area (Å²) in [7, 11) is 0. The van der Waals surface area contributed by atoms with Gasteiger partial charge in [-0.1, -0.05) is 24.6 Å². The van der Waals surface area contributed by atoms with E-state index < -0.39 is 5.79 Å². The van der Waals surface area contributed by atoms with Crippen LogP contribution in [0.1, 0.15) is 33.2 Å². The third kappa shape index (κ3) is 2.02. The molecule has 1 saturated heterocycles. The highest BCUT2D eigenvalue weighted by Gasteiger charge is 2.50. The lowest BCUT2D eigenvalue weighted by molar-refractivity contribution is -0.147. The lowest BCUT2D eigenvalue weighted by Crippen LogP contribution is -2.27. The Morgan fingerprint density at radius 2 is 2.14 bits per heavy atom. The van der Waals surface area contributed by atoms with Crippen LogP contribution in [0, 0.1) is 0 Å². The van der Waals surface area contributed by atoms with Gasteiger partial charge >= 0.3 is 0 Å². The van der Waals surface area contributed by atoms with Crippen molar-refractivity contribution in [1.82, 2.24) is 9.55 Å². The van der Waals surface area contributed by atoms with E-state index in [0.717, 1.165) is 17.3 Å². The van der Waals surface area contributed by atoms with Gasteiger partial charge in [-0.15, -0.1) is 0 Å². The zero-order chi connectivity index (χ0) is 15.5. The summed E-state index contributed by atoms with van der Waals surface area (Å²) in [6.07, 6.45) is 7.02. The summed E-state index contributed by atoms with van der Waals surface area (Å²) in [5.74, 6) is -0.548. The summed E-state index contributed by atoms with van der Waals surface area (Å²) >= 11 is 6.33. The molecule has 0 bridgehead atoms. The molecule has 1 unspecified atom stereocenters. The molecule has 1 aliphatic heterocycles. The zero-order valence-electron chi connectivity index (χ0n) is 12.9. The summed E-state index contributed by atoms with van der Waals surface area (Å²) in [6.45, 7) is 6.10. The second-order valence-corrected chi connectivity index (χ2v) is 6.73. The molecule has 0 saturated carbocycles. The van der Waals surface area contributed by atoms with Gasteiger partial charge in [-0.05, 0) is 38.0 Å². The largest absolute Gasteiger partial charge is 0.342 e. The van der Waals surface area contributed by atoms with Crippen molar-refractivity contribution in [2.75, 3.05) is 0 Å². The van der Waals surface area contributed by atoms with Crippen LogP contribution < -0.4 is 0 Å². The molecule has 0 aromatic carbocycles. The van der Waals surface area contributed by atoms with Crippen LogP contribution in [0.15, 0.2) is 36.2 Å². The van der Waals surface area contributed by atoms with Gasteiger partial charge in [0.25, 0.3) is 0 Å². The molecule has 0 radical (unpaired) electrons. The predicted molar refractivity (Wildman–Crippen MR) is 86.0 cm³/mol. The van der Waals surface area contributed by atoms with E-state index in [1.165, 1.54) is 5.57 Å². The van der Waals surface area contributed by atoms with Crippen LogP contribution in [-0.4, -0.2) is 27.5 Å². The van der Waals surface area contributed by atoms with Crippen molar-refractivity contribution in [3.05, 3.63) is 41.3 Å². The Kier molecular flexibility index (Phi) is 3.12. The summed E-state index contributed by atoms with van der Waals surface area (Å²) in [6, 6.07) is 4.13. The average molecular weight is 319 g/mol. The average Bonchev–Trinajstić information content (AvgIpc) is 3.10. The molecule has 0 amide bonds. The minimum Gasteiger partial charge on any atom is -0.342 e. The van der Waals surface area contributed by atoms with Gasteiger partial charge in [-0.25, -0.2) is 4.98 Å². The molecule has 4 rings (SSSR count). The van der Waals surface area contributed by atoms with Gasteiger partial charge in [0.2, 0.25) is 0 Å². The van der Waals surface area contributed by atoms with Gasteiger partial charge in [0.05, 0.1) is 11.6 Å². The van der Waals surface area contributed by atoms with E-state index in [-0.39, 0.29) is 18.2 Å². The van der Waals surface area contributed by atoms with Gasteiger partial charge in [-0.3, -0.25) is 0 Å². The zero-order valence-corrected chi connectivity index (χ0v) is 13.7. The van der Waals surface area contributed by atoms with E-state index >= 15 is 0 Å². The van der Waals surface area contributed by atoms with Crippen LogP contribution in [-0.2, 0) is 9.47 Å². The van der Waals surface area contributed by atoms with E-state index in [1.807, 2.05) is 19.9 Å². The number of hydrogen-bond acceptors (Lipinski definition) is 3. The number of nitrogens with zero attached hydrogens (tertiary/aromatic N) is 2. The fourth-order valence-electron chi connectivity index (χ4n) is 3.61. The lowest BCUT2D eigenvalue weighted by Gasteiger charge is -2.22. The second kappa shape index (κ2) is 4.82. The van der Waals surface area contributed by atoms with E-state index in [2.05, 4.69) is 34.8 Å². The topological polar surface area (TPSA) is 36.3 Å². The molecule has 22 heavy (non-hydrogen) atoms. The Hall–Kier alpha value is -1.36. The fourth-order valence-corrected chi connectivity index (χ4v) is 3.87. The Bertz CT molecular complexity index is 765. The maximum Gasteiger partial charge on any atom is 0.164 e. The Morgan fingerprint density at radius 3 is 2.91 bits per heavy atom. The van der Waals surface area contributed by atoms with Crippen molar-refractivity contribution in [2.45, 2.75) is 51.2 Å². The predicted octanol–water partition coefficient (Wildman–Crippen LogP) is 4.10. The highest BCUT2D eigenvalue weighted by atomic mass is 35.5. The fraction of sp³-hybridized carbons (Fsp3) is 0.471. The molecule has 0 N–H and O–H groups in total. The smallest absolute Gasteiger partial charge is 0.164 e. The van der Waals surface area contributed by atoms with Crippen molar-refractivity contribution >= 4 is 22.5 Å². The van der Waals surface area contributed by atoms with E-state index in [9.17, 15) is 0 Å². The van der Waals surface area contributed by atoms with Gasteiger partial charge in [0, 0.05) is 17.8 Å². The van der Waals surface area contributed by atoms with E-state index in [1.54, 1.807) is 6.20 Å². The van der Waals surface area contributed by atoms with Gasteiger partial charge in [0.15, 0.2) is 10.9 Å². The molecule has 2 aliphatic rings. The molecule has 5 heteroatoms. The summed E-state index contributed by atoms with van der Waals surface area (Å²) in [5.41, 5.74) is 2.25. The third-order valence-corrected chi connectivity index (χ3v) is 4.81. The molecular weight excluding hydrogens is 300 g/mol. The summed E-state index contributed by atoms with van der Waals surface area (Å²) in [4.78, 5) is 4.22. The first kappa shape index (κ1) is 14.2. The normalized spacial score (nSPS) is 29.8. The number of fused-ring (bicyclic) bond motifs is 2. The van der Waals surface area contributed by atoms with Crippen LogP contribution in [0.5, 0.6) is 0 Å². The quantitative estimate of drug-likeness (QED) is 0.618. The monoisotopic (exact) mass is 318 g/mol. The maximum absolute atomic E-state index is 6.33. The van der Waals surface area contributed by atoms with Crippen molar-refractivity contribution in [3.8, 4) is 0 Å². The molecule has 2 aromatic heterocycles. The Labute approximate surface area is 134 Å². The first-order valence-corrected chi connectivity index (χ1v) is 8.05. The number of hydrogen-bond donors (Lipinski definition) is 0. The molecule has 3 heterocycles. The maximum atomic E-state index is 6.33. The number of ether oxygens (including phenoxy) is 2. The Balaban J connectivity index is 1.83. The van der Waals surface area contributed by atoms with Crippen LogP contribution in [0.25, 0.3) is 10.9 Å². The van der Waals surface area contributed by atoms with Crippen molar-refractivity contribution in [1.29, 1.82) is 0 Å². The first-order valence-electron chi connectivity index (χ1n) is 7.67.